The predicted octanol–water partition coefficient (Wildman–Crippen LogP) is 5.07. The van der Waals surface area contributed by atoms with E-state index in [0.29, 0.717) is 0 Å². The molecule has 2 aromatic rings. The molecule has 0 heterocycles. The second-order valence-corrected chi connectivity index (χ2v) is 5.40. The van der Waals surface area contributed by atoms with Crippen LogP contribution in [0.15, 0.2) is 47.4 Å². The molecule has 0 saturated heterocycles. The molecule has 0 radical (unpaired) electrons. The summed E-state index contributed by atoms with van der Waals surface area (Å²) in [5, 5.41) is 0. The highest BCUT2D eigenvalue weighted by Crippen LogP contribution is 2.33. The van der Waals surface area contributed by atoms with E-state index < -0.39 is 0 Å². The highest BCUT2D eigenvalue weighted by molar-refractivity contribution is 9.11. The molecule has 2 rings (SSSR count). The van der Waals surface area contributed by atoms with Crippen LogP contribution in [-0.2, 0) is 4.74 Å². The number of halogens is 1. The fourth-order valence-electron chi connectivity index (χ4n) is 2.11. The van der Waals surface area contributed by atoms with E-state index in [1.807, 2.05) is 17.1 Å². The minimum Gasteiger partial charge on any atom is -0.467 e. The predicted molar refractivity (Wildman–Crippen MR) is 90.9 cm³/mol. The molecule has 0 aliphatic carbocycles. The SMILES string of the molecule is COCOc1ccc(C)cc1C(=CBr)c1ccc(C)cc1. The van der Waals surface area contributed by atoms with Gasteiger partial charge in [-0.2, -0.15) is 0 Å². The van der Waals surface area contributed by atoms with E-state index in [9.17, 15) is 0 Å². The Morgan fingerprint density at radius 1 is 1.05 bits per heavy atom. The molecule has 21 heavy (non-hydrogen) atoms. The highest BCUT2D eigenvalue weighted by atomic mass is 79.9. The lowest BCUT2D eigenvalue weighted by Gasteiger charge is -2.15. The molecule has 110 valence electrons. The molecule has 0 aliphatic rings. The van der Waals surface area contributed by atoms with Gasteiger partial charge in [-0.3, -0.25) is 0 Å². The fourth-order valence-corrected chi connectivity index (χ4v) is 2.62. The van der Waals surface area contributed by atoms with Crippen molar-refractivity contribution in [1.29, 1.82) is 0 Å². The summed E-state index contributed by atoms with van der Waals surface area (Å²) in [5.41, 5.74) is 5.71. The van der Waals surface area contributed by atoms with E-state index in [1.54, 1.807) is 7.11 Å². The van der Waals surface area contributed by atoms with Crippen molar-refractivity contribution in [2.24, 2.45) is 0 Å². The number of hydrogen-bond donors (Lipinski definition) is 0. The standard InChI is InChI=1S/C18H19BrO2/c1-13-4-7-15(8-5-13)17(11-19)16-10-14(2)6-9-18(16)21-12-20-3/h4-11H,12H2,1-3H3. The minimum absolute atomic E-state index is 0.236. The molecule has 0 bridgehead atoms. The van der Waals surface area contributed by atoms with Gasteiger partial charge in [-0.15, -0.1) is 0 Å². The molecule has 0 aliphatic heterocycles. The molecule has 2 nitrogen and oxygen atoms in total. The topological polar surface area (TPSA) is 18.5 Å². The van der Waals surface area contributed by atoms with Gasteiger partial charge in [0.25, 0.3) is 0 Å². The molecule has 0 atom stereocenters. The average Bonchev–Trinajstić information content (AvgIpc) is 2.49. The third-order valence-corrected chi connectivity index (χ3v) is 3.69. The monoisotopic (exact) mass is 346 g/mol. The van der Waals surface area contributed by atoms with Gasteiger partial charge >= 0.3 is 0 Å². The maximum atomic E-state index is 5.69. The maximum Gasteiger partial charge on any atom is 0.188 e. The van der Waals surface area contributed by atoms with Crippen molar-refractivity contribution in [2.45, 2.75) is 13.8 Å². The summed E-state index contributed by atoms with van der Waals surface area (Å²) < 4.78 is 10.7. The smallest absolute Gasteiger partial charge is 0.188 e. The lowest BCUT2D eigenvalue weighted by atomic mass is 9.96. The third-order valence-electron chi connectivity index (χ3n) is 3.23. The molecule has 0 amide bonds. The number of hydrogen-bond acceptors (Lipinski definition) is 2. The van der Waals surface area contributed by atoms with E-state index in [2.05, 4.69) is 60.1 Å². The van der Waals surface area contributed by atoms with Crippen LogP contribution in [0.1, 0.15) is 22.3 Å². The lowest BCUT2D eigenvalue weighted by Crippen LogP contribution is -2.02. The van der Waals surface area contributed by atoms with Crippen molar-refractivity contribution in [3.05, 3.63) is 69.7 Å². The summed E-state index contributed by atoms with van der Waals surface area (Å²) in [6.45, 7) is 4.39. The molecule has 3 heteroatoms. The van der Waals surface area contributed by atoms with Crippen LogP contribution in [0.2, 0.25) is 0 Å². The first-order valence-electron chi connectivity index (χ1n) is 6.76. The van der Waals surface area contributed by atoms with E-state index in [4.69, 9.17) is 9.47 Å². The summed E-state index contributed by atoms with van der Waals surface area (Å²) in [6, 6.07) is 14.6. The van der Waals surface area contributed by atoms with Crippen LogP contribution in [0.25, 0.3) is 5.57 Å². The molecular weight excluding hydrogens is 328 g/mol. The fraction of sp³-hybridized carbons (Fsp3) is 0.222. The number of aryl methyl sites for hydroxylation is 2. The van der Waals surface area contributed by atoms with Gasteiger partial charge in [0.2, 0.25) is 0 Å². The maximum absolute atomic E-state index is 5.69. The lowest BCUT2D eigenvalue weighted by molar-refractivity contribution is 0.0509. The van der Waals surface area contributed by atoms with Crippen molar-refractivity contribution in [1.82, 2.24) is 0 Å². The van der Waals surface area contributed by atoms with Gasteiger partial charge in [-0.1, -0.05) is 57.4 Å². The van der Waals surface area contributed by atoms with Crippen LogP contribution in [0.5, 0.6) is 5.75 Å². The summed E-state index contributed by atoms with van der Waals surface area (Å²) >= 11 is 3.49. The zero-order chi connectivity index (χ0) is 15.2. The van der Waals surface area contributed by atoms with Gasteiger partial charge in [0, 0.05) is 12.7 Å². The normalized spacial score (nSPS) is 11.5. The summed E-state index contributed by atoms with van der Waals surface area (Å²) in [4.78, 5) is 1.94. The third kappa shape index (κ3) is 3.96. The average molecular weight is 347 g/mol. The van der Waals surface area contributed by atoms with Crippen LogP contribution in [-0.4, -0.2) is 13.9 Å². The molecule has 2 aromatic carbocycles. The summed E-state index contributed by atoms with van der Waals surface area (Å²) in [5.74, 6) is 0.814. The molecule has 0 aromatic heterocycles. The summed E-state index contributed by atoms with van der Waals surface area (Å²) in [6.07, 6.45) is 0. The first kappa shape index (κ1) is 15.8. The van der Waals surface area contributed by atoms with Gasteiger partial charge in [-0.05, 0) is 42.1 Å². The van der Waals surface area contributed by atoms with Gasteiger partial charge in [-0.25, -0.2) is 0 Å². The molecule has 0 spiro atoms. The van der Waals surface area contributed by atoms with Gasteiger partial charge in [0.1, 0.15) is 5.75 Å². The molecule has 0 N–H and O–H groups in total. The molecular formula is C18H19BrO2. The van der Waals surface area contributed by atoms with Crippen LogP contribution in [0, 0.1) is 13.8 Å². The number of benzene rings is 2. The van der Waals surface area contributed by atoms with Crippen LogP contribution in [0.3, 0.4) is 0 Å². The zero-order valence-electron chi connectivity index (χ0n) is 12.5. The molecule has 0 fully saturated rings. The van der Waals surface area contributed by atoms with Gasteiger partial charge in [0.15, 0.2) is 6.79 Å². The first-order valence-corrected chi connectivity index (χ1v) is 7.67. The Morgan fingerprint density at radius 3 is 2.33 bits per heavy atom. The Kier molecular flexibility index (Phi) is 5.59. The largest absolute Gasteiger partial charge is 0.467 e. The Balaban J connectivity index is 2.46. The quantitative estimate of drug-likeness (QED) is 0.703. The minimum atomic E-state index is 0.236. The van der Waals surface area contributed by atoms with Crippen LogP contribution < -0.4 is 4.74 Å². The van der Waals surface area contributed by atoms with Gasteiger partial charge < -0.3 is 9.47 Å². The van der Waals surface area contributed by atoms with Crippen molar-refractivity contribution >= 4 is 21.5 Å². The Labute approximate surface area is 134 Å². The van der Waals surface area contributed by atoms with Crippen molar-refractivity contribution in [3.63, 3.8) is 0 Å². The van der Waals surface area contributed by atoms with E-state index in [-0.39, 0.29) is 6.79 Å². The van der Waals surface area contributed by atoms with Crippen LogP contribution >= 0.6 is 15.9 Å². The number of ether oxygens (including phenoxy) is 2. The highest BCUT2D eigenvalue weighted by Gasteiger charge is 2.11. The number of rotatable bonds is 5. The van der Waals surface area contributed by atoms with Crippen molar-refractivity contribution < 1.29 is 9.47 Å². The van der Waals surface area contributed by atoms with Crippen molar-refractivity contribution in [2.75, 3.05) is 13.9 Å². The first-order chi connectivity index (χ1) is 10.2. The van der Waals surface area contributed by atoms with Crippen LogP contribution in [0.4, 0.5) is 0 Å². The second kappa shape index (κ2) is 7.43. The summed E-state index contributed by atoms with van der Waals surface area (Å²) in [7, 11) is 1.62. The Bertz CT molecular complexity index is 630. The molecule has 0 saturated carbocycles. The zero-order valence-corrected chi connectivity index (χ0v) is 14.1. The van der Waals surface area contributed by atoms with E-state index >= 15 is 0 Å². The van der Waals surface area contributed by atoms with Crippen molar-refractivity contribution in [3.8, 4) is 5.75 Å². The Morgan fingerprint density at radius 2 is 1.71 bits per heavy atom. The van der Waals surface area contributed by atoms with E-state index in [0.717, 1.165) is 22.4 Å². The number of methoxy groups -OCH3 is 1. The van der Waals surface area contributed by atoms with E-state index in [1.165, 1.54) is 11.1 Å². The second-order valence-electron chi connectivity index (χ2n) is 4.94. The Hall–Kier alpha value is -1.58. The van der Waals surface area contributed by atoms with Gasteiger partial charge in [0.05, 0.1) is 0 Å². The molecule has 0 unspecified atom stereocenters.